The summed E-state index contributed by atoms with van der Waals surface area (Å²) >= 11 is 1.70. The predicted molar refractivity (Wildman–Crippen MR) is 146 cm³/mol. The summed E-state index contributed by atoms with van der Waals surface area (Å²) in [5.41, 5.74) is 5.53. The topological polar surface area (TPSA) is 71.9 Å². The first kappa shape index (κ1) is 25.9. The second-order valence-electron chi connectivity index (χ2n) is 9.00. The van der Waals surface area contributed by atoms with E-state index in [1.165, 1.54) is 4.88 Å². The summed E-state index contributed by atoms with van der Waals surface area (Å²) in [6.45, 7) is 9.46. The van der Waals surface area contributed by atoms with Gasteiger partial charge in [0.05, 0.1) is 23.9 Å². The third-order valence-electron chi connectivity index (χ3n) is 6.28. The van der Waals surface area contributed by atoms with Gasteiger partial charge < -0.3 is 19.5 Å². The number of hydrogen-bond donors (Lipinski definition) is 1. The first-order valence-electron chi connectivity index (χ1n) is 12.5. The quantitative estimate of drug-likeness (QED) is 0.299. The molecule has 0 saturated heterocycles. The van der Waals surface area contributed by atoms with Crippen molar-refractivity contribution in [3.8, 4) is 16.9 Å². The van der Waals surface area contributed by atoms with Crippen LogP contribution in [-0.2, 0) is 16.1 Å². The van der Waals surface area contributed by atoms with Gasteiger partial charge in [0.25, 0.3) is 0 Å². The molecule has 1 N–H and O–H groups in total. The lowest BCUT2D eigenvalue weighted by atomic mass is 10.00. The van der Waals surface area contributed by atoms with Crippen LogP contribution in [0.4, 0.5) is 5.69 Å². The molecule has 4 rings (SSSR count). The molecule has 0 unspecified atom stereocenters. The number of rotatable bonds is 11. The lowest BCUT2D eigenvalue weighted by molar-refractivity contribution is -0.132. The minimum Gasteiger partial charge on any atom is -0.491 e. The minimum absolute atomic E-state index is 0.429. The summed E-state index contributed by atoms with van der Waals surface area (Å²) < 4.78 is 11.3. The van der Waals surface area contributed by atoms with E-state index in [4.69, 9.17) is 9.47 Å². The van der Waals surface area contributed by atoms with Crippen molar-refractivity contribution in [1.82, 2.24) is 4.98 Å². The van der Waals surface area contributed by atoms with Crippen LogP contribution in [0.1, 0.15) is 47.3 Å². The Morgan fingerprint density at radius 2 is 1.86 bits per heavy atom. The molecule has 3 aromatic rings. The van der Waals surface area contributed by atoms with Gasteiger partial charge in [-0.1, -0.05) is 31.5 Å². The number of unbranched alkanes of at least 4 members (excludes halogenated alkanes) is 1. The summed E-state index contributed by atoms with van der Waals surface area (Å²) in [6, 6.07) is 14.3. The molecule has 0 atom stereocenters. The molecule has 0 fully saturated rings. The van der Waals surface area contributed by atoms with Gasteiger partial charge in [0, 0.05) is 29.3 Å². The molecule has 0 aliphatic carbocycles. The van der Waals surface area contributed by atoms with E-state index < -0.39 is 5.97 Å². The summed E-state index contributed by atoms with van der Waals surface area (Å²) in [5.74, 6) is -0.0553. The monoisotopic (exact) mass is 506 g/mol. The molecule has 7 heteroatoms. The number of fused-ring (bicyclic) bond motifs is 1. The average molecular weight is 507 g/mol. The molecule has 190 valence electrons. The van der Waals surface area contributed by atoms with E-state index in [2.05, 4.69) is 35.0 Å². The second kappa shape index (κ2) is 12.2. The van der Waals surface area contributed by atoms with Crippen molar-refractivity contribution >= 4 is 29.1 Å². The van der Waals surface area contributed by atoms with Crippen molar-refractivity contribution in [3.63, 3.8) is 0 Å². The van der Waals surface area contributed by atoms with Crippen molar-refractivity contribution < 1.29 is 19.4 Å². The molecular weight excluding hydrogens is 472 g/mol. The highest BCUT2D eigenvalue weighted by atomic mass is 32.1. The van der Waals surface area contributed by atoms with Crippen molar-refractivity contribution in [1.29, 1.82) is 0 Å². The van der Waals surface area contributed by atoms with Crippen LogP contribution in [0.25, 0.3) is 17.2 Å². The maximum absolute atomic E-state index is 11.9. The van der Waals surface area contributed by atoms with Crippen LogP contribution in [0.2, 0.25) is 0 Å². The molecule has 36 heavy (non-hydrogen) atoms. The van der Waals surface area contributed by atoms with Gasteiger partial charge in [-0.05, 0) is 73.7 Å². The zero-order chi connectivity index (χ0) is 25.5. The third kappa shape index (κ3) is 6.53. The fourth-order valence-electron chi connectivity index (χ4n) is 4.31. The van der Waals surface area contributed by atoms with Crippen molar-refractivity contribution in [3.05, 3.63) is 69.2 Å². The number of carboxylic acids is 1. The number of nitrogens with zero attached hydrogens (tertiary/aromatic N) is 2. The Balaban J connectivity index is 1.52. The van der Waals surface area contributed by atoms with Gasteiger partial charge in [0.15, 0.2) is 0 Å². The lowest BCUT2D eigenvalue weighted by Gasteiger charge is -2.25. The number of anilines is 1. The fourth-order valence-corrected chi connectivity index (χ4v) is 5.26. The maximum atomic E-state index is 11.9. The fraction of sp³-hybridized carbons (Fsp3) is 0.379. The van der Waals surface area contributed by atoms with Gasteiger partial charge in [0.1, 0.15) is 12.4 Å². The SMILES string of the molecule is CCCCOCCOc1ccc(-c2ccc3c(c2)C=C(C(=O)O)CCN3Cc2sc(C)nc2C)cc1. The molecule has 2 aromatic carbocycles. The van der Waals surface area contributed by atoms with Crippen LogP contribution in [0.15, 0.2) is 48.0 Å². The van der Waals surface area contributed by atoms with Crippen LogP contribution >= 0.6 is 11.3 Å². The highest BCUT2D eigenvalue weighted by molar-refractivity contribution is 7.11. The van der Waals surface area contributed by atoms with Gasteiger partial charge in [0.2, 0.25) is 0 Å². The number of aryl methyl sites for hydroxylation is 2. The van der Waals surface area contributed by atoms with E-state index in [0.717, 1.165) is 64.8 Å². The summed E-state index contributed by atoms with van der Waals surface area (Å²) in [6.07, 6.45) is 4.51. The molecule has 2 heterocycles. The molecule has 0 spiro atoms. The van der Waals surface area contributed by atoms with E-state index >= 15 is 0 Å². The Hall–Kier alpha value is -3.16. The molecule has 0 saturated carbocycles. The van der Waals surface area contributed by atoms with E-state index in [-0.39, 0.29) is 0 Å². The van der Waals surface area contributed by atoms with Crippen LogP contribution in [0.3, 0.4) is 0 Å². The van der Waals surface area contributed by atoms with Crippen LogP contribution < -0.4 is 9.64 Å². The van der Waals surface area contributed by atoms with Crippen molar-refractivity contribution in [2.45, 2.75) is 46.6 Å². The number of ether oxygens (including phenoxy) is 2. The normalized spacial score (nSPS) is 13.2. The number of hydrogen-bond acceptors (Lipinski definition) is 6. The van der Waals surface area contributed by atoms with Gasteiger partial charge >= 0.3 is 5.97 Å². The average Bonchev–Trinajstić information content (AvgIpc) is 3.07. The predicted octanol–water partition coefficient (Wildman–Crippen LogP) is 6.50. The lowest BCUT2D eigenvalue weighted by Crippen LogP contribution is -2.24. The molecule has 0 radical (unpaired) electrons. The van der Waals surface area contributed by atoms with Crippen LogP contribution in [-0.4, -0.2) is 42.4 Å². The second-order valence-corrected chi connectivity index (χ2v) is 10.3. The van der Waals surface area contributed by atoms with Gasteiger partial charge in [-0.25, -0.2) is 9.78 Å². The van der Waals surface area contributed by atoms with E-state index in [1.54, 1.807) is 11.3 Å². The Bertz CT molecular complexity index is 1220. The van der Waals surface area contributed by atoms with Gasteiger partial charge in [-0.3, -0.25) is 0 Å². The van der Waals surface area contributed by atoms with Gasteiger partial charge in [-0.15, -0.1) is 11.3 Å². The van der Waals surface area contributed by atoms with E-state index in [0.29, 0.717) is 31.8 Å². The van der Waals surface area contributed by atoms with E-state index in [1.807, 2.05) is 44.2 Å². The number of carboxylic acid groups (broad SMARTS) is 1. The number of carbonyl (C=O) groups is 1. The summed E-state index contributed by atoms with van der Waals surface area (Å²) in [7, 11) is 0. The number of thiazole rings is 1. The maximum Gasteiger partial charge on any atom is 0.331 e. The van der Waals surface area contributed by atoms with Crippen molar-refractivity contribution in [2.75, 3.05) is 31.3 Å². The third-order valence-corrected chi connectivity index (χ3v) is 7.34. The zero-order valence-corrected chi connectivity index (χ0v) is 22.1. The molecule has 1 aromatic heterocycles. The molecule has 0 amide bonds. The molecule has 1 aliphatic heterocycles. The van der Waals surface area contributed by atoms with Crippen LogP contribution in [0.5, 0.6) is 5.75 Å². The number of benzene rings is 2. The molecule has 6 nitrogen and oxygen atoms in total. The first-order chi connectivity index (χ1) is 17.4. The number of aliphatic carboxylic acids is 1. The smallest absolute Gasteiger partial charge is 0.331 e. The first-order valence-corrected chi connectivity index (χ1v) is 13.3. The van der Waals surface area contributed by atoms with Crippen LogP contribution in [0, 0.1) is 13.8 Å². The minimum atomic E-state index is -0.863. The Morgan fingerprint density at radius 1 is 1.08 bits per heavy atom. The summed E-state index contributed by atoms with van der Waals surface area (Å²) in [5, 5.41) is 10.8. The van der Waals surface area contributed by atoms with E-state index in [9.17, 15) is 9.90 Å². The Morgan fingerprint density at radius 3 is 2.56 bits per heavy atom. The Kier molecular flexibility index (Phi) is 8.78. The standard InChI is InChI=1S/C29H34N2O4S/c1-4-5-14-34-15-16-35-26-9-6-22(7-10-26)23-8-11-27-25(17-23)18-24(29(32)33)12-13-31(27)19-28-20(2)30-21(3)36-28/h6-11,17-18H,4-5,12-16,19H2,1-3H3,(H,32,33). The van der Waals surface area contributed by atoms with Crippen molar-refractivity contribution in [2.24, 2.45) is 0 Å². The van der Waals surface area contributed by atoms with Gasteiger partial charge in [-0.2, -0.15) is 0 Å². The zero-order valence-electron chi connectivity index (χ0n) is 21.3. The Labute approximate surface area is 217 Å². The molecule has 0 bridgehead atoms. The number of aromatic nitrogens is 1. The summed E-state index contributed by atoms with van der Waals surface area (Å²) in [4.78, 5) is 19.9. The molecular formula is C29H34N2O4S. The molecule has 1 aliphatic rings. The largest absolute Gasteiger partial charge is 0.491 e. The highest BCUT2D eigenvalue weighted by Gasteiger charge is 2.21. The highest BCUT2D eigenvalue weighted by Crippen LogP contribution is 2.34.